The third-order valence-electron chi connectivity index (χ3n) is 3.76. The minimum Gasteiger partial charge on any atom is -0.314 e. The van der Waals surface area contributed by atoms with E-state index in [2.05, 4.69) is 37.1 Å². The lowest BCUT2D eigenvalue weighted by atomic mass is 9.84. The zero-order valence-electron chi connectivity index (χ0n) is 11.8. The van der Waals surface area contributed by atoms with Gasteiger partial charge in [0.1, 0.15) is 0 Å². The highest BCUT2D eigenvalue weighted by Gasteiger charge is 2.32. The molecule has 0 spiro atoms. The second-order valence-electron chi connectivity index (χ2n) is 6.27. The van der Waals surface area contributed by atoms with Gasteiger partial charge in [-0.1, -0.05) is 56.1 Å². The van der Waals surface area contributed by atoms with Gasteiger partial charge < -0.3 is 5.32 Å². The summed E-state index contributed by atoms with van der Waals surface area (Å²) in [6.45, 7) is 10.8. The van der Waals surface area contributed by atoms with E-state index in [0.29, 0.717) is 16.1 Å². The van der Waals surface area contributed by atoms with Crippen molar-refractivity contribution in [3.05, 3.63) is 33.8 Å². The normalized spacial score (nSPS) is 21.6. The lowest BCUT2D eigenvalue weighted by molar-refractivity contribution is 0.0689. The molecule has 1 aromatic rings. The fourth-order valence-corrected chi connectivity index (χ4v) is 3.06. The van der Waals surface area contributed by atoms with Crippen molar-refractivity contribution in [3.63, 3.8) is 0 Å². The van der Waals surface area contributed by atoms with E-state index in [9.17, 15) is 0 Å². The van der Waals surface area contributed by atoms with Crippen LogP contribution in [-0.4, -0.2) is 30.6 Å². The van der Waals surface area contributed by atoms with Crippen LogP contribution in [0.4, 0.5) is 0 Å². The summed E-state index contributed by atoms with van der Waals surface area (Å²) >= 11 is 12.4. The summed E-state index contributed by atoms with van der Waals surface area (Å²) < 4.78 is 0. The average Bonchev–Trinajstić information content (AvgIpc) is 2.34. The number of hydrogen-bond acceptors (Lipinski definition) is 2. The molecule has 1 aliphatic heterocycles. The molecule has 1 saturated heterocycles. The van der Waals surface area contributed by atoms with Crippen molar-refractivity contribution < 1.29 is 0 Å². The van der Waals surface area contributed by atoms with E-state index in [0.717, 1.165) is 31.7 Å². The Labute approximate surface area is 126 Å². The monoisotopic (exact) mass is 300 g/mol. The number of nitrogens with zero attached hydrogens (tertiary/aromatic N) is 1. The third kappa shape index (κ3) is 3.63. The van der Waals surface area contributed by atoms with Crippen LogP contribution in [0.5, 0.6) is 0 Å². The first-order valence-corrected chi connectivity index (χ1v) is 7.53. The van der Waals surface area contributed by atoms with Crippen LogP contribution < -0.4 is 5.32 Å². The van der Waals surface area contributed by atoms with Crippen molar-refractivity contribution >= 4 is 23.2 Å². The number of halogens is 2. The molecule has 1 heterocycles. The fraction of sp³-hybridized carbons (Fsp3) is 0.600. The van der Waals surface area contributed by atoms with Crippen LogP contribution in [0, 0.1) is 5.41 Å². The Hall–Kier alpha value is -0.280. The molecule has 1 fully saturated rings. The molecule has 0 amide bonds. The molecule has 1 atom stereocenters. The van der Waals surface area contributed by atoms with Crippen molar-refractivity contribution in [1.82, 2.24) is 10.2 Å². The van der Waals surface area contributed by atoms with Gasteiger partial charge in [0, 0.05) is 32.2 Å². The predicted molar refractivity (Wildman–Crippen MR) is 83.0 cm³/mol. The van der Waals surface area contributed by atoms with Crippen molar-refractivity contribution in [2.24, 2.45) is 5.41 Å². The smallest absolute Gasteiger partial charge is 0.0637 e. The molecule has 1 N–H and O–H groups in total. The van der Waals surface area contributed by atoms with Crippen LogP contribution in [0.3, 0.4) is 0 Å². The quantitative estimate of drug-likeness (QED) is 0.893. The minimum absolute atomic E-state index is 0.248. The Kier molecular flexibility index (Phi) is 4.78. The number of piperazine rings is 1. The molecule has 0 aliphatic carbocycles. The largest absolute Gasteiger partial charge is 0.314 e. The molecular weight excluding hydrogens is 279 g/mol. The summed E-state index contributed by atoms with van der Waals surface area (Å²) in [4.78, 5) is 2.51. The minimum atomic E-state index is 0.248. The van der Waals surface area contributed by atoms with Gasteiger partial charge in [-0.25, -0.2) is 0 Å². The first kappa shape index (κ1) is 15.1. The van der Waals surface area contributed by atoms with E-state index in [1.54, 1.807) is 0 Å². The highest BCUT2D eigenvalue weighted by Crippen LogP contribution is 2.30. The van der Waals surface area contributed by atoms with Crippen molar-refractivity contribution in [1.29, 1.82) is 0 Å². The fourth-order valence-electron chi connectivity index (χ4n) is 2.68. The summed E-state index contributed by atoms with van der Waals surface area (Å²) in [6.07, 6.45) is 0. The van der Waals surface area contributed by atoms with Gasteiger partial charge in [-0.3, -0.25) is 4.90 Å². The van der Waals surface area contributed by atoms with E-state index in [4.69, 9.17) is 23.2 Å². The van der Waals surface area contributed by atoms with Crippen LogP contribution >= 0.6 is 23.2 Å². The van der Waals surface area contributed by atoms with Crippen molar-refractivity contribution in [3.8, 4) is 0 Å². The Balaban J connectivity index is 2.18. The molecule has 19 heavy (non-hydrogen) atoms. The first-order valence-electron chi connectivity index (χ1n) is 6.77. The summed E-state index contributed by atoms with van der Waals surface area (Å²) in [6, 6.07) is 6.39. The van der Waals surface area contributed by atoms with E-state index >= 15 is 0 Å². The van der Waals surface area contributed by atoms with Crippen LogP contribution in [-0.2, 0) is 6.54 Å². The molecular formula is C15H22Cl2N2. The summed E-state index contributed by atoms with van der Waals surface area (Å²) in [7, 11) is 0. The Morgan fingerprint density at radius 1 is 1.32 bits per heavy atom. The highest BCUT2D eigenvalue weighted by molar-refractivity contribution is 6.42. The molecule has 4 heteroatoms. The second-order valence-corrected chi connectivity index (χ2v) is 7.05. The standard InChI is InChI=1S/C15H22Cl2N2/c1-15(2,3)13-9-18-7-8-19(13)10-11-5-4-6-12(16)14(11)17/h4-6,13,18H,7-10H2,1-3H3. The summed E-state index contributed by atoms with van der Waals surface area (Å²) in [5, 5.41) is 4.81. The van der Waals surface area contributed by atoms with Gasteiger partial charge in [-0.15, -0.1) is 0 Å². The van der Waals surface area contributed by atoms with Crippen LogP contribution in [0.15, 0.2) is 18.2 Å². The average molecular weight is 301 g/mol. The maximum atomic E-state index is 6.30. The van der Waals surface area contributed by atoms with Gasteiger partial charge in [0.05, 0.1) is 10.0 Å². The molecule has 106 valence electrons. The van der Waals surface area contributed by atoms with Gasteiger partial charge in [0.2, 0.25) is 0 Å². The lowest BCUT2D eigenvalue weighted by Crippen LogP contribution is -2.56. The molecule has 1 unspecified atom stereocenters. The van der Waals surface area contributed by atoms with E-state index in [1.165, 1.54) is 0 Å². The van der Waals surface area contributed by atoms with Crippen molar-refractivity contribution in [2.45, 2.75) is 33.4 Å². The SMILES string of the molecule is CC(C)(C)C1CNCCN1Cc1cccc(Cl)c1Cl. The number of hydrogen-bond donors (Lipinski definition) is 1. The topological polar surface area (TPSA) is 15.3 Å². The van der Waals surface area contributed by atoms with Gasteiger partial charge in [0.15, 0.2) is 0 Å². The van der Waals surface area contributed by atoms with E-state index in [-0.39, 0.29) is 5.41 Å². The summed E-state index contributed by atoms with van der Waals surface area (Å²) in [5.41, 5.74) is 1.36. The maximum absolute atomic E-state index is 6.30. The molecule has 0 radical (unpaired) electrons. The van der Waals surface area contributed by atoms with E-state index < -0.39 is 0 Å². The second kappa shape index (κ2) is 6.01. The van der Waals surface area contributed by atoms with Gasteiger partial charge in [-0.2, -0.15) is 0 Å². The summed E-state index contributed by atoms with van der Waals surface area (Å²) in [5.74, 6) is 0. The zero-order chi connectivity index (χ0) is 14.0. The maximum Gasteiger partial charge on any atom is 0.0637 e. The Morgan fingerprint density at radius 2 is 2.05 bits per heavy atom. The van der Waals surface area contributed by atoms with Gasteiger partial charge in [0.25, 0.3) is 0 Å². The molecule has 1 aliphatic rings. The van der Waals surface area contributed by atoms with Crippen LogP contribution in [0.25, 0.3) is 0 Å². The Morgan fingerprint density at radius 3 is 2.74 bits per heavy atom. The van der Waals surface area contributed by atoms with Crippen LogP contribution in [0.1, 0.15) is 26.3 Å². The van der Waals surface area contributed by atoms with Gasteiger partial charge >= 0.3 is 0 Å². The first-order chi connectivity index (χ1) is 8.89. The predicted octanol–water partition coefficient (Wildman–Crippen LogP) is 3.81. The highest BCUT2D eigenvalue weighted by atomic mass is 35.5. The lowest BCUT2D eigenvalue weighted by Gasteiger charge is -2.43. The van der Waals surface area contributed by atoms with Gasteiger partial charge in [-0.05, 0) is 17.0 Å². The molecule has 0 aromatic heterocycles. The molecule has 2 rings (SSSR count). The third-order valence-corrected chi connectivity index (χ3v) is 4.62. The van der Waals surface area contributed by atoms with Crippen molar-refractivity contribution in [2.75, 3.05) is 19.6 Å². The molecule has 2 nitrogen and oxygen atoms in total. The number of nitrogens with one attached hydrogen (secondary N) is 1. The van der Waals surface area contributed by atoms with Crippen LogP contribution in [0.2, 0.25) is 10.0 Å². The molecule has 0 bridgehead atoms. The van der Waals surface area contributed by atoms with E-state index in [1.807, 2.05) is 12.1 Å². The Bertz CT molecular complexity index is 440. The molecule has 1 aromatic carbocycles. The molecule has 0 saturated carbocycles. The number of benzene rings is 1. The number of rotatable bonds is 2. The zero-order valence-corrected chi connectivity index (χ0v) is 13.4.